The van der Waals surface area contributed by atoms with Gasteiger partial charge in [-0.2, -0.15) is 0 Å². The highest BCUT2D eigenvalue weighted by Crippen LogP contribution is 2.11. The van der Waals surface area contributed by atoms with Crippen molar-refractivity contribution in [2.75, 3.05) is 0 Å². The van der Waals surface area contributed by atoms with Gasteiger partial charge in [0.05, 0.1) is 17.7 Å². The first kappa shape index (κ1) is 12.9. The first-order chi connectivity index (χ1) is 7.82. The molecule has 1 rings (SSSR count). The Kier molecular flexibility index (Phi) is 3.64. The molecule has 90 valence electrons. The van der Waals surface area contributed by atoms with E-state index in [1.807, 2.05) is 0 Å². The summed E-state index contributed by atoms with van der Waals surface area (Å²) in [6, 6.07) is 0.832. The second-order valence-electron chi connectivity index (χ2n) is 3.18. The van der Waals surface area contributed by atoms with Crippen molar-refractivity contribution in [3.05, 3.63) is 49.9 Å². The van der Waals surface area contributed by atoms with Crippen molar-refractivity contribution >= 4 is 23.2 Å². The van der Waals surface area contributed by atoms with Crippen LogP contribution >= 0.6 is 11.6 Å². The highest BCUT2D eigenvalue weighted by molar-refractivity contribution is 6.29. The minimum absolute atomic E-state index is 0.100. The van der Waals surface area contributed by atoms with Crippen molar-refractivity contribution in [3.8, 4) is 0 Å². The number of rotatable bonds is 4. The van der Waals surface area contributed by atoms with Crippen LogP contribution in [0.3, 0.4) is 0 Å². The molecule has 2 N–H and O–H groups in total. The van der Waals surface area contributed by atoms with E-state index >= 15 is 0 Å². The van der Waals surface area contributed by atoms with Gasteiger partial charge in [-0.05, 0) is 0 Å². The Morgan fingerprint density at radius 1 is 1.65 bits per heavy atom. The molecular weight excluding hydrogens is 250 g/mol. The van der Waals surface area contributed by atoms with E-state index in [4.69, 9.17) is 17.3 Å². The van der Waals surface area contributed by atoms with Gasteiger partial charge in [0, 0.05) is 11.1 Å². The molecule has 7 nitrogen and oxygen atoms in total. The number of amides is 1. The van der Waals surface area contributed by atoms with Crippen LogP contribution in [0.2, 0.25) is 0 Å². The zero-order valence-electron chi connectivity index (χ0n) is 8.55. The van der Waals surface area contributed by atoms with E-state index in [0.29, 0.717) is 0 Å². The highest BCUT2D eigenvalue weighted by Gasteiger charge is 2.17. The maximum Gasteiger partial charge on any atom is 0.286 e. The molecule has 17 heavy (non-hydrogen) atoms. The Hall–Kier alpha value is -2.15. The fourth-order valence-corrected chi connectivity index (χ4v) is 1.33. The number of nitrogens with zero attached hydrogens (tertiary/aromatic N) is 2. The van der Waals surface area contributed by atoms with Gasteiger partial charge in [0.15, 0.2) is 0 Å². The number of allylic oxidation sites excluding steroid dienone is 1. The van der Waals surface area contributed by atoms with E-state index < -0.39 is 27.6 Å². The zero-order valence-corrected chi connectivity index (χ0v) is 9.31. The molecule has 0 fully saturated rings. The van der Waals surface area contributed by atoms with Gasteiger partial charge < -0.3 is 10.3 Å². The number of hydrogen-bond donors (Lipinski definition) is 1. The minimum atomic E-state index is -1.03. The average molecular weight is 258 g/mol. The summed E-state index contributed by atoms with van der Waals surface area (Å²) in [7, 11) is 0. The predicted molar refractivity (Wildman–Crippen MR) is 60.9 cm³/mol. The van der Waals surface area contributed by atoms with Crippen molar-refractivity contribution in [2.45, 2.75) is 6.54 Å². The quantitative estimate of drug-likeness (QED) is 0.629. The number of primary amides is 1. The Balaban J connectivity index is 3.48. The van der Waals surface area contributed by atoms with Gasteiger partial charge in [-0.1, -0.05) is 18.2 Å². The van der Waals surface area contributed by atoms with Crippen LogP contribution in [0.4, 0.5) is 5.69 Å². The van der Waals surface area contributed by atoms with E-state index in [0.717, 1.165) is 16.8 Å². The summed E-state index contributed by atoms with van der Waals surface area (Å²) in [5, 5.41) is 10.7. The van der Waals surface area contributed by atoms with Crippen LogP contribution in [-0.4, -0.2) is 15.4 Å². The van der Waals surface area contributed by atoms with Gasteiger partial charge in [-0.3, -0.25) is 19.7 Å². The lowest BCUT2D eigenvalue weighted by Crippen LogP contribution is -2.29. The van der Waals surface area contributed by atoms with Crippen LogP contribution in [0.25, 0.3) is 0 Å². The van der Waals surface area contributed by atoms with Crippen LogP contribution in [0.1, 0.15) is 10.4 Å². The maximum atomic E-state index is 11.7. The number of nitro groups is 1. The predicted octanol–water partition coefficient (Wildman–Crippen LogP) is 0.608. The van der Waals surface area contributed by atoms with E-state index in [-0.39, 0.29) is 11.6 Å². The second-order valence-corrected chi connectivity index (χ2v) is 3.72. The van der Waals surface area contributed by atoms with E-state index in [1.165, 1.54) is 0 Å². The van der Waals surface area contributed by atoms with Crippen molar-refractivity contribution in [3.63, 3.8) is 0 Å². The number of halogens is 1. The van der Waals surface area contributed by atoms with E-state index in [1.54, 1.807) is 0 Å². The Labute approximate surface area is 100 Å². The third-order valence-electron chi connectivity index (χ3n) is 1.89. The van der Waals surface area contributed by atoms with Crippen molar-refractivity contribution in [1.82, 2.24) is 4.57 Å². The molecule has 0 radical (unpaired) electrons. The third-order valence-corrected chi connectivity index (χ3v) is 2.01. The molecule has 1 heterocycles. The van der Waals surface area contributed by atoms with Crippen LogP contribution in [-0.2, 0) is 6.54 Å². The maximum absolute atomic E-state index is 11.7. The van der Waals surface area contributed by atoms with Gasteiger partial charge in [0.1, 0.15) is 5.56 Å². The minimum Gasteiger partial charge on any atom is -0.365 e. The molecule has 8 heteroatoms. The monoisotopic (exact) mass is 257 g/mol. The molecule has 0 saturated carbocycles. The van der Waals surface area contributed by atoms with Gasteiger partial charge >= 0.3 is 0 Å². The number of hydrogen-bond acceptors (Lipinski definition) is 4. The van der Waals surface area contributed by atoms with E-state index in [9.17, 15) is 19.7 Å². The molecule has 0 atom stereocenters. The number of carbonyl (C=O) groups excluding carboxylic acids is 1. The lowest BCUT2D eigenvalue weighted by atomic mass is 10.2. The molecule has 1 aromatic rings. The molecule has 0 aliphatic carbocycles. The van der Waals surface area contributed by atoms with Crippen LogP contribution in [0, 0.1) is 10.1 Å². The van der Waals surface area contributed by atoms with Crippen LogP contribution in [0.15, 0.2) is 28.7 Å². The fraction of sp³-hybridized carbons (Fsp3) is 0.111. The molecular formula is C9H8ClN3O4. The molecule has 1 aromatic heterocycles. The first-order valence-electron chi connectivity index (χ1n) is 4.35. The van der Waals surface area contributed by atoms with Gasteiger partial charge in [-0.15, -0.1) is 0 Å². The molecule has 0 bridgehead atoms. The van der Waals surface area contributed by atoms with Gasteiger partial charge in [0.25, 0.3) is 17.2 Å². The highest BCUT2D eigenvalue weighted by atomic mass is 35.5. The van der Waals surface area contributed by atoms with Crippen molar-refractivity contribution in [1.29, 1.82) is 0 Å². The summed E-state index contributed by atoms with van der Waals surface area (Å²) in [5.74, 6) is -1.03. The summed E-state index contributed by atoms with van der Waals surface area (Å²) in [5.41, 5.74) is 3.33. The lowest BCUT2D eigenvalue weighted by Gasteiger charge is -2.05. The molecule has 0 spiro atoms. The van der Waals surface area contributed by atoms with Gasteiger partial charge in [0.2, 0.25) is 0 Å². The number of carbonyl (C=O) groups is 1. The number of nitrogens with two attached hydrogens (primary N) is 1. The second kappa shape index (κ2) is 4.79. The summed E-state index contributed by atoms with van der Waals surface area (Å²) in [6.07, 6.45) is 0.975. The summed E-state index contributed by atoms with van der Waals surface area (Å²) in [6.45, 7) is 3.22. The third kappa shape index (κ3) is 2.91. The molecule has 0 unspecified atom stereocenters. The first-order valence-corrected chi connectivity index (χ1v) is 4.72. The normalized spacial score (nSPS) is 9.94. The Bertz CT molecular complexity index is 564. The topological polar surface area (TPSA) is 108 Å². The van der Waals surface area contributed by atoms with E-state index in [2.05, 4.69) is 6.58 Å². The Morgan fingerprint density at radius 2 is 2.24 bits per heavy atom. The molecule has 0 aromatic carbocycles. The lowest BCUT2D eigenvalue weighted by molar-refractivity contribution is -0.385. The van der Waals surface area contributed by atoms with Crippen LogP contribution < -0.4 is 11.3 Å². The Morgan fingerprint density at radius 3 is 2.65 bits per heavy atom. The summed E-state index contributed by atoms with van der Waals surface area (Å²) < 4.78 is 0.910. The van der Waals surface area contributed by atoms with Crippen LogP contribution in [0.5, 0.6) is 0 Å². The zero-order chi connectivity index (χ0) is 13.2. The molecule has 1 amide bonds. The molecule has 0 aliphatic rings. The SMILES string of the molecule is C=C(Cl)Cn1cc([N+](=O)[O-])cc(C(N)=O)c1=O. The number of pyridine rings is 1. The molecule has 0 aliphatic heterocycles. The molecule has 0 saturated heterocycles. The van der Waals surface area contributed by atoms with Gasteiger partial charge in [-0.25, -0.2) is 0 Å². The fourth-order valence-electron chi connectivity index (χ4n) is 1.20. The van der Waals surface area contributed by atoms with Crippen molar-refractivity contribution < 1.29 is 9.72 Å². The number of aromatic nitrogens is 1. The summed E-state index contributed by atoms with van der Waals surface area (Å²) in [4.78, 5) is 32.5. The smallest absolute Gasteiger partial charge is 0.286 e. The standard InChI is InChI=1S/C9H8ClN3O4/c1-5(10)3-12-4-6(13(16)17)2-7(8(11)14)9(12)15/h2,4H,1,3H2,(H2,11,14). The van der Waals surface area contributed by atoms with Crippen molar-refractivity contribution in [2.24, 2.45) is 5.73 Å². The largest absolute Gasteiger partial charge is 0.365 e. The average Bonchev–Trinajstić information content (AvgIpc) is 2.19. The summed E-state index contributed by atoms with van der Waals surface area (Å²) >= 11 is 5.51.